The predicted molar refractivity (Wildman–Crippen MR) is 162 cm³/mol. The van der Waals surface area contributed by atoms with Gasteiger partial charge in [-0.15, -0.1) is 0 Å². The van der Waals surface area contributed by atoms with Crippen molar-refractivity contribution < 1.29 is 26.8 Å². The molecule has 1 unspecified atom stereocenters. The molecule has 3 aromatic rings. The van der Waals surface area contributed by atoms with Gasteiger partial charge in [-0.05, 0) is 48.1 Å². The molecule has 0 heterocycles. The fourth-order valence-corrected chi connectivity index (χ4v) is 9.88. The predicted octanol–water partition coefficient (Wildman–Crippen LogP) is 8.69. The first-order valence-electron chi connectivity index (χ1n) is 14.0. The molecule has 0 radical (unpaired) electrons. The average Bonchev–Trinajstić information content (AvgIpc) is 3.24. The number of carbonyl (C=O) groups is 1. The van der Waals surface area contributed by atoms with Gasteiger partial charge in [0, 0.05) is 33.0 Å². The van der Waals surface area contributed by atoms with E-state index in [2.05, 4.69) is 6.92 Å². The summed E-state index contributed by atoms with van der Waals surface area (Å²) in [5.74, 6) is -0.386. The number of hydrogen-bond donors (Lipinski definition) is 0. The van der Waals surface area contributed by atoms with Crippen LogP contribution in [-0.4, -0.2) is 26.6 Å². The molecule has 0 aliphatic heterocycles. The van der Waals surface area contributed by atoms with E-state index in [1.54, 1.807) is 31.2 Å². The third-order valence-corrected chi connectivity index (χ3v) is 12.5. The highest BCUT2D eigenvalue weighted by molar-refractivity contribution is 8.55. The molecule has 0 saturated heterocycles. The Bertz CT molecular complexity index is 1530. The van der Waals surface area contributed by atoms with Crippen molar-refractivity contribution in [1.29, 1.82) is 0 Å². The molecule has 1 aliphatic carbocycles. The van der Waals surface area contributed by atoms with Crippen molar-refractivity contribution >= 4 is 33.8 Å². The van der Waals surface area contributed by atoms with Crippen molar-refractivity contribution in [2.45, 2.75) is 76.0 Å². The highest BCUT2D eigenvalue weighted by Gasteiger charge is 2.36. The Balaban J connectivity index is 1.79. The second kappa shape index (κ2) is 13.1. The molecule has 9 heteroatoms. The second-order valence-electron chi connectivity index (χ2n) is 9.76. The average molecular weight is 601 g/mol. The van der Waals surface area contributed by atoms with Gasteiger partial charge < -0.3 is 4.52 Å². The van der Waals surface area contributed by atoms with Crippen LogP contribution in [0, 0.1) is 0 Å². The van der Waals surface area contributed by atoms with Crippen molar-refractivity contribution in [1.82, 2.24) is 0 Å². The number of ketones is 1. The summed E-state index contributed by atoms with van der Waals surface area (Å²) in [5.41, 5.74) is 3.70. The third-order valence-electron chi connectivity index (χ3n) is 7.08. The summed E-state index contributed by atoms with van der Waals surface area (Å²) in [4.78, 5) is 14.2. The summed E-state index contributed by atoms with van der Waals surface area (Å²) in [6.45, 7) is 4.13. The molecule has 0 spiro atoms. The molecule has 214 valence electrons. The topological polar surface area (TPSA) is 86.7 Å². The molecule has 6 nitrogen and oxygen atoms in total. The molecule has 1 atom stereocenters. The highest BCUT2D eigenvalue weighted by atomic mass is 32.7. The molecule has 0 saturated carbocycles. The first-order valence-corrected chi connectivity index (χ1v) is 18.6. The summed E-state index contributed by atoms with van der Waals surface area (Å²) < 4.78 is 53.1. The van der Waals surface area contributed by atoms with E-state index in [4.69, 9.17) is 9.05 Å². The van der Waals surface area contributed by atoms with E-state index in [0.717, 1.165) is 65.9 Å². The number of hydrogen-bond acceptors (Lipinski definition) is 7. The molecule has 0 fully saturated rings. The monoisotopic (exact) mass is 600 g/mol. The van der Waals surface area contributed by atoms with Crippen LogP contribution >= 0.6 is 18.2 Å². The Morgan fingerprint density at radius 3 is 2.12 bits per heavy atom. The summed E-state index contributed by atoms with van der Waals surface area (Å²) in [6.07, 6.45) is 5.27. The first kappa shape index (κ1) is 30.6. The Labute approximate surface area is 242 Å². The van der Waals surface area contributed by atoms with Gasteiger partial charge in [-0.2, -0.15) is 0 Å². The zero-order chi connectivity index (χ0) is 28.9. The molecule has 40 heavy (non-hydrogen) atoms. The van der Waals surface area contributed by atoms with Gasteiger partial charge in [0.05, 0.1) is 17.3 Å². The van der Waals surface area contributed by atoms with Gasteiger partial charge in [0.25, 0.3) is 0 Å². The van der Waals surface area contributed by atoms with Crippen LogP contribution in [0.5, 0.6) is 5.75 Å². The molecule has 0 N–H and O–H groups in total. The molecule has 1 aliphatic rings. The van der Waals surface area contributed by atoms with Gasteiger partial charge in [-0.25, -0.2) is 13.0 Å². The van der Waals surface area contributed by atoms with Crippen molar-refractivity contribution in [3.05, 3.63) is 76.9 Å². The Kier molecular flexibility index (Phi) is 9.99. The lowest BCUT2D eigenvalue weighted by molar-refractivity contribution is 0.104. The minimum Gasteiger partial charge on any atom is -0.417 e. The normalized spacial score (nSPS) is 14.1. The summed E-state index contributed by atoms with van der Waals surface area (Å²) in [7, 11) is -3.74. The number of fused-ring (bicyclic) bond motifs is 3. The van der Waals surface area contributed by atoms with Crippen LogP contribution in [0.2, 0.25) is 0 Å². The maximum atomic E-state index is 14.4. The van der Waals surface area contributed by atoms with Crippen molar-refractivity contribution in [2.24, 2.45) is 0 Å². The van der Waals surface area contributed by atoms with Crippen LogP contribution < -0.4 is 4.52 Å². The quantitative estimate of drug-likeness (QED) is 0.106. The van der Waals surface area contributed by atoms with Gasteiger partial charge in [0.2, 0.25) is 0 Å². The minimum atomic E-state index is -3.88. The maximum Gasteiger partial charge on any atom is 0.444 e. The number of rotatable bonds is 14. The van der Waals surface area contributed by atoms with E-state index in [0.29, 0.717) is 16.7 Å². The summed E-state index contributed by atoms with van der Waals surface area (Å²) in [5, 5.41) is 0. The van der Waals surface area contributed by atoms with Crippen LogP contribution in [0.1, 0.15) is 80.4 Å². The lowest BCUT2D eigenvalue weighted by atomic mass is 10.1. The van der Waals surface area contributed by atoms with Crippen LogP contribution in [0.4, 0.5) is 0 Å². The number of sulfone groups is 1. The lowest BCUT2D eigenvalue weighted by Gasteiger charge is -2.22. The van der Waals surface area contributed by atoms with Gasteiger partial charge >= 0.3 is 6.80 Å². The highest BCUT2D eigenvalue weighted by Crippen LogP contribution is 2.64. The van der Waals surface area contributed by atoms with Crippen molar-refractivity contribution in [2.75, 3.05) is 12.4 Å². The fourth-order valence-electron chi connectivity index (χ4n) is 4.87. The van der Waals surface area contributed by atoms with Crippen LogP contribution in [0.3, 0.4) is 0 Å². The van der Waals surface area contributed by atoms with E-state index in [1.807, 2.05) is 32.0 Å². The van der Waals surface area contributed by atoms with Gasteiger partial charge in [0.15, 0.2) is 15.6 Å². The smallest absolute Gasteiger partial charge is 0.417 e. The first-order chi connectivity index (χ1) is 19.2. The van der Waals surface area contributed by atoms with E-state index in [-0.39, 0.29) is 34.4 Å². The van der Waals surface area contributed by atoms with Crippen molar-refractivity contribution in [3.8, 4) is 16.9 Å². The third kappa shape index (κ3) is 6.41. The van der Waals surface area contributed by atoms with Crippen molar-refractivity contribution in [3.63, 3.8) is 0 Å². The van der Waals surface area contributed by atoms with Gasteiger partial charge in [-0.1, -0.05) is 89.4 Å². The number of carbonyl (C=O) groups excluding carboxylic acids is 1. The second-order valence-corrected chi connectivity index (χ2v) is 15.8. The standard InChI is InChI=1S/C31H37O6PS2/c1-5-9-10-13-19-36-38(33,39-31-22(6-2)15-14-16-23(31)7-3)37-24-20-27-29(28(21-24)40(34,35)8-4)25-17-11-12-18-26(25)30(27)32/h11-12,14-18,20-21H,5-10,13,19H2,1-4H3. The van der Waals surface area contributed by atoms with E-state index < -0.39 is 16.6 Å². The number of unbranched alkanes of at least 4 members (excludes halogenated alkanes) is 3. The molecular formula is C31H37O6PS2. The minimum absolute atomic E-state index is 0.00324. The summed E-state index contributed by atoms with van der Waals surface area (Å²) in [6, 6.07) is 15.9. The molecule has 3 aromatic carbocycles. The van der Waals surface area contributed by atoms with Gasteiger partial charge in [-0.3, -0.25) is 9.32 Å². The maximum absolute atomic E-state index is 14.4. The van der Waals surface area contributed by atoms with Crippen LogP contribution in [0.25, 0.3) is 11.1 Å². The van der Waals surface area contributed by atoms with E-state index in [1.165, 1.54) is 12.1 Å². The zero-order valence-corrected chi connectivity index (χ0v) is 26.1. The van der Waals surface area contributed by atoms with Gasteiger partial charge in [0.1, 0.15) is 5.75 Å². The lowest BCUT2D eigenvalue weighted by Crippen LogP contribution is -2.08. The molecular weight excluding hydrogens is 563 g/mol. The van der Waals surface area contributed by atoms with E-state index in [9.17, 15) is 17.8 Å². The Morgan fingerprint density at radius 2 is 1.50 bits per heavy atom. The Morgan fingerprint density at radius 1 is 0.825 bits per heavy atom. The SMILES string of the molecule is CCCCCCOP(=O)(Oc1cc2c(c(S(=O)(=O)CC)c1)-c1ccccc1C2=O)Sc1c(CC)cccc1CC. The molecule has 4 rings (SSSR count). The van der Waals surface area contributed by atoms with E-state index >= 15 is 0 Å². The van der Waals surface area contributed by atoms with Crippen LogP contribution in [-0.2, 0) is 31.8 Å². The zero-order valence-electron chi connectivity index (χ0n) is 23.6. The fraction of sp³-hybridized carbons (Fsp3) is 0.387. The molecule has 0 aromatic heterocycles. The Hall–Kier alpha value is -2.38. The number of benzene rings is 3. The van der Waals surface area contributed by atoms with Crippen LogP contribution in [0.15, 0.2) is 64.4 Å². The number of aryl methyl sites for hydroxylation is 2. The molecule has 0 bridgehead atoms. The molecule has 0 amide bonds. The summed E-state index contributed by atoms with van der Waals surface area (Å²) >= 11 is 1.07. The largest absolute Gasteiger partial charge is 0.444 e.